The zero-order valence-corrected chi connectivity index (χ0v) is 10.9. The van der Waals surface area contributed by atoms with E-state index in [9.17, 15) is 5.11 Å². The van der Waals surface area contributed by atoms with E-state index in [2.05, 4.69) is 5.16 Å². The number of benzene rings is 2. The molecule has 0 bridgehead atoms. The standard InChI is InChI=1S/C16H15NO3/c18-12-6-4-11(5-7-12)10-20-16-3-1-2-13-14(16)8-9-15(13)17-19/h1-7,18-19H,8-10H2/b17-15-. The average Bonchev–Trinajstić information content (AvgIpc) is 2.90. The molecule has 20 heavy (non-hydrogen) atoms. The van der Waals surface area contributed by atoms with E-state index in [-0.39, 0.29) is 5.75 Å². The molecule has 0 atom stereocenters. The number of fused-ring (bicyclic) bond motifs is 1. The minimum Gasteiger partial charge on any atom is -0.508 e. The van der Waals surface area contributed by atoms with Crippen LogP contribution in [0, 0.1) is 0 Å². The van der Waals surface area contributed by atoms with Crippen LogP contribution in [0.4, 0.5) is 0 Å². The SMILES string of the molecule is O/N=C1/CCc2c(OCc3ccc(O)cc3)cccc21. The Morgan fingerprint density at radius 3 is 2.60 bits per heavy atom. The maximum atomic E-state index is 9.25. The molecule has 0 saturated heterocycles. The Bertz CT molecular complexity index is 647. The molecular weight excluding hydrogens is 254 g/mol. The van der Waals surface area contributed by atoms with Crippen LogP contribution < -0.4 is 4.74 Å². The maximum Gasteiger partial charge on any atom is 0.123 e. The molecule has 0 unspecified atom stereocenters. The first-order valence-corrected chi connectivity index (χ1v) is 6.52. The molecule has 4 heteroatoms. The topological polar surface area (TPSA) is 62.1 Å². The molecule has 102 valence electrons. The summed E-state index contributed by atoms with van der Waals surface area (Å²) in [6, 6.07) is 12.7. The molecule has 0 fully saturated rings. The summed E-state index contributed by atoms with van der Waals surface area (Å²) in [7, 11) is 0. The van der Waals surface area contributed by atoms with Gasteiger partial charge in [0, 0.05) is 11.1 Å². The highest BCUT2D eigenvalue weighted by atomic mass is 16.5. The molecule has 0 aromatic heterocycles. The third kappa shape index (κ3) is 2.32. The van der Waals surface area contributed by atoms with Crippen LogP contribution in [0.3, 0.4) is 0 Å². The van der Waals surface area contributed by atoms with E-state index in [1.807, 2.05) is 30.3 Å². The van der Waals surface area contributed by atoms with Gasteiger partial charge in [-0.1, -0.05) is 29.4 Å². The van der Waals surface area contributed by atoms with E-state index >= 15 is 0 Å². The van der Waals surface area contributed by atoms with Crippen LogP contribution in [0.2, 0.25) is 0 Å². The summed E-state index contributed by atoms with van der Waals surface area (Å²) in [6.45, 7) is 0.447. The highest BCUT2D eigenvalue weighted by molar-refractivity contribution is 6.04. The van der Waals surface area contributed by atoms with Gasteiger partial charge in [0.15, 0.2) is 0 Å². The van der Waals surface area contributed by atoms with Crippen molar-refractivity contribution < 1.29 is 15.1 Å². The van der Waals surface area contributed by atoms with Crippen LogP contribution in [-0.4, -0.2) is 16.0 Å². The Labute approximate surface area is 116 Å². The smallest absolute Gasteiger partial charge is 0.123 e. The van der Waals surface area contributed by atoms with Crippen LogP contribution in [0.15, 0.2) is 47.6 Å². The monoisotopic (exact) mass is 269 g/mol. The van der Waals surface area contributed by atoms with Gasteiger partial charge in [0.1, 0.15) is 18.1 Å². The lowest BCUT2D eigenvalue weighted by atomic mass is 10.1. The molecule has 3 rings (SSSR count). The Morgan fingerprint density at radius 2 is 1.85 bits per heavy atom. The number of oxime groups is 1. The minimum absolute atomic E-state index is 0.248. The van der Waals surface area contributed by atoms with E-state index in [1.54, 1.807) is 12.1 Å². The fourth-order valence-corrected chi connectivity index (χ4v) is 2.46. The van der Waals surface area contributed by atoms with Crippen molar-refractivity contribution >= 4 is 5.71 Å². The molecule has 1 aliphatic carbocycles. The molecule has 0 saturated carbocycles. The number of aromatic hydroxyl groups is 1. The van der Waals surface area contributed by atoms with Gasteiger partial charge in [0.25, 0.3) is 0 Å². The summed E-state index contributed by atoms with van der Waals surface area (Å²) >= 11 is 0. The molecule has 0 amide bonds. The largest absolute Gasteiger partial charge is 0.508 e. The lowest BCUT2D eigenvalue weighted by Gasteiger charge is -2.10. The van der Waals surface area contributed by atoms with Gasteiger partial charge in [0.2, 0.25) is 0 Å². The first-order chi connectivity index (χ1) is 9.78. The summed E-state index contributed by atoms with van der Waals surface area (Å²) in [6.07, 6.45) is 1.58. The molecule has 2 aromatic rings. The summed E-state index contributed by atoms with van der Waals surface area (Å²) in [5.74, 6) is 1.08. The Balaban J connectivity index is 1.79. The number of hydrogen-bond acceptors (Lipinski definition) is 4. The van der Waals surface area contributed by atoms with Gasteiger partial charge in [-0.25, -0.2) is 0 Å². The lowest BCUT2D eigenvalue weighted by molar-refractivity contribution is 0.303. The second kappa shape index (κ2) is 5.25. The highest BCUT2D eigenvalue weighted by Gasteiger charge is 2.21. The Morgan fingerprint density at radius 1 is 1.05 bits per heavy atom. The first kappa shape index (κ1) is 12.5. The molecule has 1 aliphatic rings. The molecule has 2 N–H and O–H groups in total. The van der Waals surface area contributed by atoms with Gasteiger partial charge < -0.3 is 15.1 Å². The highest BCUT2D eigenvalue weighted by Crippen LogP contribution is 2.31. The van der Waals surface area contributed by atoms with Crippen molar-refractivity contribution in [3.05, 3.63) is 59.2 Å². The van der Waals surface area contributed by atoms with Gasteiger partial charge in [-0.15, -0.1) is 0 Å². The molecule has 0 aliphatic heterocycles. The summed E-state index contributed by atoms with van der Waals surface area (Å²) in [5, 5.41) is 21.5. The van der Waals surface area contributed by atoms with E-state index in [4.69, 9.17) is 9.94 Å². The van der Waals surface area contributed by atoms with Crippen molar-refractivity contribution in [2.24, 2.45) is 5.16 Å². The quantitative estimate of drug-likeness (QED) is 0.665. The van der Waals surface area contributed by atoms with Crippen LogP contribution in [-0.2, 0) is 13.0 Å². The number of phenolic OH excluding ortho intramolecular Hbond substituents is 1. The molecule has 2 aromatic carbocycles. The van der Waals surface area contributed by atoms with Crippen molar-refractivity contribution in [2.45, 2.75) is 19.4 Å². The van der Waals surface area contributed by atoms with Crippen LogP contribution in [0.5, 0.6) is 11.5 Å². The summed E-state index contributed by atoms with van der Waals surface area (Å²) < 4.78 is 5.85. The number of nitrogens with zero attached hydrogens (tertiary/aromatic N) is 1. The zero-order chi connectivity index (χ0) is 13.9. The first-order valence-electron chi connectivity index (χ1n) is 6.52. The predicted octanol–water partition coefficient (Wildman–Crippen LogP) is 3.10. The van der Waals surface area contributed by atoms with Crippen molar-refractivity contribution in [3.8, 4) is 11.5 Å². The van der Waals surface area contributed by atoms with Gasteiger partial charge in [-0.2, -0.15) is 0 Å². The van der Waals surface area contributed by atoms with E-state index in [0.29, 0.717) is 6.61 Å². The normalized spacial score (nSPS) is 15.3. The molecule has 0 spiro atoms. The van der Waals surface area contributed by atoms with E-state index in [0.717, 1.165) is 41.0 Å². The maximum absolute atomic E-state index is 9.25. The fourth-order valence-electron chi connectivity index (χ4n) is 2.46. The molecule has 0 radical (unpaired) electrons. The van der Waals surface area contributed by atoms with Gasteiger partial charge in [-0.3, -0.25) is 0 Å². The number of phenols is 1. The van der Waals surface area contributed by atoms with E-state index in [1.165, 1.54) is 0 Å². The van der Waals surface area contributed by atoms with Gasteiger partial charge in [-0.05, 0) is 36.6 Å². The second-order valence-electron chi connectivity index (χ2n) is 4.78. The number of hydrogen-bond donors (Lipinski definition) is 2. The predicted molar refractivity (Wildman–Crippen MR) is 75.5 cm³/mol. The average molecular weight is 269 g/mol. The molecule has 0 heterocycles. The summed E-state index contributed by atoms with van der Waals surface area (Å²) in [4.78, 5) is 0. The van der Waals surface area contributed by atoms with Gasteiger partial charge in [0.05, 0.1) is 5.71 Å². The summed E-state index contributed by atoms with van der Waals surface area (Å²) in [5.41, 5.74) is 3.78. The third-order valence-corrected chi connectivity index (χ3v) is 3.51. The van der Waals surface area contributed by atoms with Crippen molar-refractivity contribution in [1.82, 2.24) is 0 Å². The zero-order valence-electron chi connectivity index (χ0n) is 10.9. The minimum atomic E-state index is 0.248. The number of ether oxygens (including phenoxy) is 1. The van der Waals surface area contributed by atoms with E-state index < -0.39 is 0 Å². The van der Waals surface area contributed by atoms with Crippen LogP contribution >= 0.6 is 0 Å². The van der Waals surface area contributed by atoms with Crippen molar-refractivity contribution in [2.75, 3.05) is 0 Å². The number of rotatable bonds is 3. The molecular formula is C16H15NO3. The Kier molecular flexibility index (Phi) is 3.29. The van der Waals surface area contributed by atoms with Crippen molar-refractivity contribution in [3.63, 3.8) is 0 Å². The van der Waals surface area contributed by atoms with Crippen LogP contribution in [0.25, 0.3) is 0 Å². The molecule has 4 nitrogen and oxygen atoms in total. The fraction of sp³-hybridized carbons (Fsp3) is 0.188. The van der Waals surface area contributed by atoms with Crippen molar-refractivity contribution in [1.29, 1.82) is 0 Å². The Hall–Kier alpha value is -2.49. The second-order valence-corrected chi connectivity index (χ2v) is 4.78. The van der Waals surface area contributed by atoms with Gasteiger partial charge >= 0.3 is 0 Å². The third-order valence-electron chi connectivity index (χ3n) is 3.51. The van der Waals surface area contributed by atoms with Crippen LogP contribution in [0.1, 0.15) is 23.1 Å². The lowest BCUT2D eigenvalue weighted by Crippen LogP contribution is -1.99.